The first-order valence-corrected chi connectivity index (χ1v) is 10.2. The maximum Gasteiger partial charge on any atom is 0.252 e. The largest absolute Gasteiger partial charge is 0.352 e. The molecule has 0 radical (unpaired) electrons. The Hall–Kier alpha value is -3.48. The van der Waals surface area contributed by atoms with E-state index in [9.17, 15) is 4.79 Å². The first-order chi connectivity index (χ1) is 14.5. The molecule has 1 aromatic carbocycles. The van der Waals surface area contributed by atoms with Crippen LogP contribution in [0.25, 0.3) is 22.3 Å². The van der Waals surface area contributed by atoms with Gasteiger partial charge in [0.05, 0.1) is 29.2 Å². The molecule has 0 aliphatic carbocycles. The Labute approximate surface area is 175 Å². The van der Waals surface area contributed by atoms with Crippen molar-refractivity contribution >= 4 is 16.9 Å². The van der Waals surface area contributed by atoms with E-state index in [0.29, 0.717) is 12.1 Å². The van der Waals surface area contributed by atoms with Crippen molar-refractivity contribution in [3.63, 3.8) is 0 Å². The fourth-order valence-electron chi connectivity index (χ4n) is 3.56. The first-order valence-electron chi connectivity index (χ1n) is 10.2. The van der Waals surface area contributed by atoms with Gasteiger partial charge in [0.1, 0.15) is 0 Å². The van der Waals surface area contributed by atoms with Crippen LogP contribution in [-0.4, -0.2) is 36.8 Å². The van der Waals surface area contributed by atoms with Gasteiger partial charge in [0.25, 0.3) is 5.91 Å². The van der Waals surface area contributed by atoms with Crippen LogP contribution < -0.4 is 5.32 Å². The molecule has 0 unspecified atom stereocenters. The van der Waals surface area contributed by atoms with Crippen molar-refractivity contribution < 1.29 is 4.79 Å². The van der Waals surface area contributed by atoms with E-state index < -0.39 is 0 Å². The smallest absolute Gasteiger partial charge is 0.252 e. The van der Waals surface area contributed by atoms with E-state index in [4.69, 9.17) is 4.98 Å². The van der Waals surface area contributed by atoms with Crippen molar-refractivity contribution in [2.75, 3.05) is 6.54 Å². The molecule has 0 spiro atoms. The summed E-state index contributed by atoms with van der Waals surface area (Å²) in [5, 5.41) is 8.31. The lowest BCUT2D eigenvalue weighted by Gasteiger charge is -2.12. The van der Waals surface area contributed by atoms with Crippen LogP contribution in [0.2, 0.25) is 0 Å². The van der Waals surface area contributed by atoms with Crippen LogP contribution in [0, 0.1) is 6.92 Å². The average molecular weight is 403 g/mol. The minimum atomic E-state index is -0.105. The van der Waals surface area contributed by atoms with Gasteiger partial charge in [0.2, 0.25) is 0 Å². The molecule has 154 valence electrons. The lowest BCUT2D eigenvalue weighted by molar-refractivity contribution is 0.0954. The molecule has 7 nitrogen and oxygen atoms in total. The Morgan fingerprint density at radius 3 is 2.80 bits per heavy atom. The zero-order chi connectivity index (χ0) is 21.1. The Morgan fingerprint density at radius 2 is 2.07 bits per heavy atom. The standard InChI is InChI=1S/C23H26N6O/c1-16(2)29-22-20(14-26-29)19(13-21(27-22)18-8-5-4-7-17(18)3)23(30)25-9-6-11-28-12-10-24-15-28/h4-5,7-8,10,12-16H,6,9,11H2,1-3H3,(H,25,30). The molecule has 30 heavy (non-hydrogen) atoms. The Kier molecular flexibility index (Phi) is 5.61. The second-order valence-corrected chi connectivity index (χ2v) is 7.70. The van der Waals surface area contributed by atoms with Crippen molar-refractivity contribution in [1.82, 2.24) is 29.6 Å². The number of nitrogens with one attached hydrogen (secondary N) is 1. The van der Waals surface area contributed by atoms with Crippen LogP contribution in [0.15, 0.2) is 55.2 Å². The lowest BCUT2D eigenvalue weighted by Crippen LogP contribution is -2.25. The Bertz CT molecular complexity index is 1160. The average Bonchev–Trinajstić information content (AvgIpc) is 3.40. The van der Waals surface area contributed by atoms with E-state index in [1.54, 1.807) is 18.7 Å². The number of aromatic nitrogens is 5. The summed E-state index contributed by atoms with van der Waals surface area (Å²) in [5.41, 5.74) is 4.25. The van der Waals surface area contributed by atoms with E-state index >= 15 is 0 Å². The molecule has 0 fully saturated rings. The molecule has 0 atom stereocenters. The number of benzene rings is 1. The highest BCUT2D eigenvalue weighted by atomic mass is 16.1. The molecule has 0 aliphatic rings. The van der Waals surface area contributed by atoms with Gasteiger partial charge < -0.3 is 9.88 Å². The number of hydrogen-bond donors (Lipinski definition) is 1. The molecule has 3 heterocycles. The van der Waals surface area contributed by atoms with Gasteiger partial charge in [-0.1, -0.05) is 24.3 Å². The summed E-state index contributed by atoms with van der Waals surface area (Å²) in [7, 11) is 0. The van der Waals surface area contributed by atoms with Crippen LogP contribution in [0.5, 0.6) is 0 Å². The van der Waals surface area contributed by atoms with Gasteiger partial charge in [-0.05, 0) is 38.8 Å². The highest BCUT2D eigenvalue weighted by Gasteiger charge is 2.18. The molecule has 0 saturated carbocycles. The molecule has 0 aliphatic heterocycles. The van der Waals surface area contributed by atoms with E-state index in [1.807, 2.05) is 39.7 Å². The zero-order valence-electron chi connectivity index (χ0n) is 17.5. The topological polar surface area (TPSA) is 77.6 Å². The number of amides is 1. The summed E-state index contributed by atoms with van der Waals surface area (Å²) in [4.78, 5) is 22.0. The van der Waals surface area contributed by atoms with Crippen LogP contribution in [-0.2, 0) is 6.54 Å². The molecule has 1 amide bonds. The quantitative estimate of drug-likeness (QED) is 0.474. The second-order valence-electron chi connectivity index (χ2n) is 7.70. The second kappa shape index (κ2) is 8.49. The lowest BCUT2D eigenvalue weighted by atomic mass is 10.0. The van der Waals surface area contributed by atoms with Gasteiger partial charge in [0, 0.05) is 37.1 Å². The van der Waals surface area contributed by atoms with Gasteiger partial charge in [-0.25, -0.2) is 14.6 Å². The third-order valence-corrected chi connectivity index (χ3v) is 5.16. The zero-order valence-corrected chi connectivity index (χ0v) is 17.5. The minimum Gasteiger partial charge on any atom is -0.352 e. The summed E-state index contributed by atoms with van der Waals surface area (Å²) >= 11 is 0. The number of aryl methyl sites for hydroxylation is 2. The fourth-order valence-corrected chi connectivity index (χ4v) is 3.56. The van der Waals surface area contributed by atoms with Crippen LogP contribution >= 0.6 is 0 Å². The van der Waals surface area contributed by atoms with Gasteiger partial charge >= 0.3 is 0 Å². The van der Waals surface area contributed by atoms with Crippen LogP contribution in [0.4, 0.5) is 0 Å². The van der Waals surface area contributed by atoms with E-state index in [0.717, 1.165) is 40.8 Å². The molecular weight excluding hydrogens is 376 g/mol. The van der Waals surface area contributed by atoms with E-state index in [2.05, 4.69) is 42.2 Å². The molecule has 4 rings (SSSR count). The van der Waals surface area contributed by atoms with Gasteiger partial charge in [0.15, 0.2) is 5.65 Å². The van der Waals surface area contributed by atoms with Crippen molar-refractivity contribution in [3.8, 4) is 11.3 Å². The third-order valence-electron chi connectivity index (χ3n) is 5.16. The molecule has 7 heteroatoms. The number of pyridine rings is 1. The predicted octanol–water partition coefficient (Wildman–Crippen LogP) is 4.00. The first kappa shape index (κ1) is 19.8. The van der Waals surface area contributed by atoms with Crippen molar-refractivity contribution in [2.24, 2.45) is 0 Å². The molecule has 1 N–H and O–H groups in total. The highest BCUT2D eigenvalue weighted by molar-refractivity contribution is 6.06. The molecule has 3 aromatic heterocycles. The normalized spacial score (nSPS) is 11.3. The minimum absolute atomic E-state index is 0.105. The summed E-state index contributed by atoms with van der Waals surface area (Å²) in [6.07, 6.45) is 8.02. The summed E-state index contributed by atoms with van der Waals surface area (Å²) in [5.74, 6) is -0.105. The van der Waals surface area contributed by atoms with Crippen LogP contribution in [0.3, 0.4) is 0 Å². The van der Waals surface area contributed by atoms with Crippen molar-refractivity contribution in [1.29, 1.82) is 0 Å². The Morgan fingerprint density at radius 1 is 1.23 bits per heavy atom. The fraction of sp³-hybridized carbons (Fsp3) is 0.304. The number of nitrogens with zero attached hydrogens (tertiary/aromatic N) is 5. The number of carbonyl (C=O) groups excluding carboxylic acids is 1. The van der Waals surface area contributed by atoms with E-state index in [1.165, 1.54) is 0 Å². The summed E-state index contributed by atoms with van der Waals surface area (Å²) < 4.78 is 3.87. The van der Waals surface area contributed by atoms with E-state index in [-0.39, 0.29) is 11.9 Å². The maximum atomic E-state index is 13.1. The molecular formula is C23H26N6O. The monoisotopic (exact) mass is 402 g/mol. The van der Waals surface area contributed by atoms with Gasteiger partial charge in [-0.15, -0.1) is 0 Å². The molecule has 0 saturated heterocycles. The van der Waals surface area contributed by atoms with Gasteiger partial charge in [-0.3, -0.25) is 4.79 Å². The number of fused-ring (bicyclic) bond motifs is 1. The van der Waals surface area contributed by atoms with Crippen LogP contribution in [0.1, 0.15) is 42.2 Å². The van der Waals surface area contributed by atoms with Crippen molar-refractivity contribution in [3.05, 3.63) is 66.4 Å². The number of rotatable bonds is 7. The maximum absolute atomic E-state index is 13.1. The third kappa shape index (κ3) is 3.96. The number of hydrogen-bond acceptors (Lipinski definition) is 4. The number of carbonyl (C=O) groups is 1. The molecule has 0 bridgehead atoms. The van der Waals surface area contributed by atoms with Crippen molar-refractivity contribution in [2.45, 2.75) is 39.8 Å². The predicted molar refractivity (Wildman–Crippen MR) is 117 cm³/mol. The van der Waals surface area contributed by atoms with Gasteiger partial charge in [-0.2, -0.15) is 5.10 Å². The summed E-state index contributed by atoms with van der Waals surface area (Å²) in [6, 6.07) is 10.1. The summed E-state index contributed by atoms with van der Waals surface area (Å²) in [6.45, 7) is 7.57. The Balaban J connectivity index is 1.65. The molecule has 4 aromatic rings. The number of imidazole rings is 1. The highest BCUT2D eigenvalue weighted by Crippen LogP contribution is 2.28. The SMILES string of the molecule is Cc1ccccc1-c1cc(C(=O)NCCCn2ccnc2)c2cnn(C(C)C)c2n1.